The van der Waals surface area contributed by atoms with Crippen LogP contribution in [-0.4, -0.2) is 16.9 Å². The van der Waals surface area contributed by atoms with Gasteiger partial charge in [0.15, 0.2) is 0 Å². The summed E-state index contributed by atoms with van der Waals surface area (Å²) < 4.78 is 9.38. The fourth-order valence-electron chi connectivity index (χ4n) is 0.491. The number of aromatic nitrogens is 2. The van der Waals surface area contributed by atoms with Crippen LogP contribution in [0.25, 0.3) is 0 Å². The zero-order chi connectivity index (χ0) is 6.69. The summed E-state index contributed by atoms with van der Waals surface area (Å²) in [5.74, 6) is 0.484. The summed E-state index contributed by atoms with van der Waals surface area (Å²) in [6.07, 6.45) is 0. The third-order valence-corrected chi connectivity index (χ3v) is 0.892. The molecule has 0 amide bonds. The number of hydrogen-bond acceptors (Lipinski definition) is 4. The highest BCUT2D eigenvalue weighted by atomic mass is 16.6. The van der Waals surface area contributed by atoms with Gasteiger partial charge in [-0.15, -0.1) is 0 Å². The van der Waals surface area contributed by atoms with E-state index in [1.54, 1.807) is 6.92 Å². The summed E-state index contributed by atoms with van der Waals surface area (Å²) in [5, 5.41) is 7.02. The van der Waals surface area contributed by atoms with Crippen LogP contribution in [-0.2, 0) is 0 Å². The molecule has 1 aromatic rings. The average molecular weight is 128 g/mol. The SMILES string of the molecule is CCOc1nonc1C. The molecular weight excluding hydrogens is 120 g/mol. The first-order valence-corrected chi connectivity index (χ1v) is 2.76. The summed E-state index contributed by atoms with van der Waals surface area (Å²) in [7, 11) is 0. The molecular formula is C5H8N2O2. The van der Waals surface area contributed by atoms with E-state index in [-0.39, 0.29) is 0 Å². The van der Waals surface area contributed by atoms with Crippen molar-refractivity contribution in [3.05, 3.63) is 5.69 Å². The smallest absolute Gasteiger partial charge is 0.278 e. The van der Waals surface area contributed by atoms with E-state index in [0.717, 1.165) is 0 Å². The Hall–Kier alpha value is -1.06. The molecule has 0 N–H and O–H groups in total. The first kappa shape index (κ1) is 6.07. The van der Waals surface area contributed by atoms with Crippen LogP contribution < -0.4 is 4.74 Å². The molecule has 0 atom stereocenters. The van der Waals surface area contributed by atoms with Crippen molar-refractivity contribution < 1.29 is 9.37 Å². The lowest BCUT2D eigenvalue weighted by atomic mass is 10.5. The highest BCUT2D eigenvalue weighted by molar-refractivity contribution is 5.11. The van der Waals surface area contributed by atoms with Gasteiger partial charge in [-0.3, -0.25) is 0 Å². The highest BCUT2D eigenvalue weighted by Gasteiger charge is 2.02. The van der Waals surface area contributed by atoms with E-state index >= 15 is 0 Å². The van der Waals surface area contributed by atoms with Crippen LogP contribution in [0.3, 0.4) is 0 Å². The molecule has 0 fully saturated rings. The van der Waals surface area contributed by atoms with E-state index in [4.69, 9.17) is 4.74 Å². The predicted octanol–water partition coefficient (Wildman–Crippen LogP) is 0.777. The molecule has 0 aliphatic carbocycles. The van der Waals surface area contributed by atoms with Crippen LogP contribution in [0, 0.1) is 6.92 Å². The van der Waals surface area contributed by atoms with Gasteiger partial charge in [-0.05, 0) is 19.0 Å². The van der Waals surface area contributed by atoms with Gasteiger partial charge in [-0.1, -0.05) is 5.16 Å². The lowest BCUT2D eigenvalue weighted by Crippen LogP contribution is -1.92. The third kappa shape index (κ3) is 1.19. The van der Waals surface area contributed by atoms with Crippen molar-refractivity contribution in [2.75, 3.05) is 6.61 Å². The van der Waals surface area contributed by atoms with Gasteiger partial charge in [-0.25, -0.2) is 4.63 Å². The van der Waals surface area contributed by atoms with Crippen molar-refractivity contribution in [2.24, 2.45) is 0 Å². The average Bonchev–Trinajstić information content (AvgIpc) is 2.18. The van der Waals surface area contributed by atoms with Crippen molar-refractivity contribution in [1.82, 2.24) is 10.3 Å². The first-order valence-electron chi connectivity index (χ1n) is 2.76. The Kier molecular flexibility index (Phi) is 1.67. The quantitative estimate of drug-likeness (QED) is 0.590. The lowest BCUT2D eigenvalue weighted by molar-refractivity contribution is 0.263. The molecule has 0 bridgehead atoms. The van der Waals surface area contributed by atoms with Crippen LogP contribution in [0.5, 0.6) is 5.88 Å². The maximum Gasteiger partial charge on any atom is 0.278 e. The maximum atomic E-state index is 5.01. The fourth-order valence-corrected chi connectivity index (χ4v) is 0.491. The molecule has 0 spiro atoms. The van der Waals surface area contributed by atoms with E-state index in [1.807, 2.05) is 6.92 Å². The molecule has 4 heteroatoms. The molecule has 9 heavy (non-hydrogen) atoms. The van der Waals surface area contributed by atoms with Crippen molar-refractivity contribution in [2.45, 2.75) is 13.8 Å². The largest absolute Gasteiger partial charge is 0.474 e. The summed E-state index contributed by atoms with van der Waals surface area (Å²) in [5.41, 5.74) is 0.692. The number of hydrogen-bond donors (Lipinski definition) is 0. The Labute approximate surface area is 52.8 Å². The number of aryl methyl sites for hydroxylation is 1. The van der Waals surface area contributed by atoms with Crippen molar-refractivity contribution in [3.63, 3.8) is 0 Å². The number of nitrogens with zero attached hydrogens (tertiary/aromatic N) is 2. The molecule has 50 valence electrons. The molecule has 0 saturated heterocycles. The molecule has 0 saturated carbocycles. The minimum Gasteiger partial charge on any atom is -0.474 e. The second kappa shape index (κ2) is 2.48. The van der Waals surface area contributed by atoms with Crippen LogP contribution in [0.1, 0.15) is 12.6 Å². The summed E-state index contributed by atoms with van der Waals surface area (Å²) in [4.78, 5) is 0. The van der Waals surface area contributed by atoms with Gasteiger partial charge in [0, 0.05) is 0 Å². The Morgan fingerprint density at radius 2 is 2.33 bits per heavy atom. The maximum absolute atomic E-state index is 5.01. The monoisotopic (exact) mass is 128 g/mol. The highest BCUT2D eigenvalue weighted by Crippen LogP contribution is 2.08. The third-order valence-electron chi connectivity index (χ3n) is 0.892. The van der Waals surface area contributed by atoms with Gasteiger partial charge in [0.05, 0.1) is 6.61 Å². The zero-order valence-corrected chi connectivity index (χ0v) is 5.42. The van der Waals surface area contributed by atoms with Crippen molar-refractivity contribution in [3.8, 4) is 5.88 Å². The molecule has 1 aromatic heterocycles. The molecule has 0 aromatic carbocycles. The predicted molar refractivity (Wildman–Crippen MR) is 30.2 cm³/mol. The van der Waals surface area contributed by atoms with E-state index in [1.165, 1.54) is 0 Å². The summed E-state index contributed by atoms with van der Waals surface area (Å²) in [6.45, 7) is 4.25. The van der Waals surface area contributed by atoms with E-state index < -0.39 is 0 Å². The molecule has 4 nitrogen and oxygen atoms in total. The molecule has 1 heterocycles. The fraction of sp³-hybridized carbons (Fsp3) is 0.600. The molecule has 0 unspecified atom stereocenters. The zero-order valence-electron chi connectivity index (χ0n) is 5.42. The minimum absolute atomic E-state index is 0.484. The van der Waals surface area contributed by atoms with Gasteiger partial charge in [0.1, 0.15) is 5.69 Å². The Bertz CT molecular complexity index is 185. The molecule has 1 rings (SSSR count). The molecule has 0 aliphatic rings. The number of ether oxygens (including phenoxy) is 1. The second-order valence-electron chi connectivity index (χ2n) is 1.59. The van der Waals surface area contributed by atoms with Gasteiger partial charge < -0.3 is 4.74 Å². The van der Waals surface area contributed by atoms with Gasteiger partial charge in [-0.2, -0.15) is 0 Å². The Morgan fingerprint density at radius 3 is 2.78 bits per heavy atom. The Morgan fingerprint density at radius 1 is 1.56 bits per heavy atom. The van der Waals surface area contributed by atoms with Crippen LogP contribution in [0.15, 0.2) is 4.63 Å². The second-order valence-corrected chi connectivity index (χ2v) is 1.59. The lowest BCUT2D eigenvalue weighted by Gasteiger charge is -1.93. The minimum atomic E-state index is 0.484. The van der Waals surface area contributed by atoms with Crippen LogP contribution in [0.2, 0.25) is 0 Å². The van der Waals surface area contributed by atoms with E-state index in [9.17, 15) is 0 Å². The van der Waals surface area contributed by atoms with Gasteiger partial charge in [0.2, 0.25) is 0 Å². The van der Waals surface area contributed by atoms with E-state index in [0.29, 0.717) is 18.2 Å². The van der Waals surface area contributed by atoms with Gasteiger partial charge in [0.25, 0.3) is 5.88 Å². The normalized spacial score (nSPS) is 9.56. The van der Waals surface area contributed by atoms with Crippen molar-refractivity contribution in [1.29, 1.82) is 0 Å². The van der Waals surface area contributed by atoms with Crippen LogP contribution >= 0.6 is 0 Å². The summed E-state index contributed by atoms with van der Waals surface area (Å²) in [6, 6.07) is 0. The molecule has 0 aliphatic heterocycles. The standard InChI is InChI=1S/C5H8N2O2/c1-3-8-5-4(2)6-9-7-5/h3H2,1-2H3. The number of rotatable bonds is 2. The topological polar surface area (TPSA) is 48.2 Å². The van der Waals surface area contributed by atoms with Crippen LogP contribution in [0.4, 0.5) is 0 Å². The van der Waals surface area contributed by atoms with Crippen molar-refractivity contribution >= 4 is 0 Å². The Balaban J connectivity index is 2.69. The van der Waals surface area contributed by atoms with E-state index in [2.05, 4.69) is 14.9 Å². The first-order chi connectivity index (χ1) is 4.34. The van der Waals surface area contributed by atoms with Gasteiger partial charge >= 0.3 is 0 Å². The molecule has 0 radical (unpaired) electrons. The summed E-state index contributed by atoms with van der Waals surface area (Å²) >= 11 is 0.